The van der Waals surface area contributed by atoms with Crippen molar-refractivity contribution in [3.8, 4) is 5.75 Å². The lowest BCUT2D eigenvalue weighted by atomic mass is 10.1. The molecule has 0 amide bonds. The van der Waals surface area contributed by atoms with Gasteiger partial charge in [-0.3, -0.25) is 4.79 Å². The molecule has 0 saturated heterocycles. The molecule has 0 aliphatic carbocycles. The molecule has 4 heteroatoms. The van der Waals surface area contributed by atoms with Gasteiger partial charge in [0.15, 0.2) is 0 Å². The quantitative estimate of drug-likeness (QED) is 0.741. The molecule has 0 aliphatic heterocycles. The van der Waals surface area contributed by atoms with Gasteiger partial charge in [0.05, 0.1) is 17.6 Å². The Kier molecular flexibility index (Phi) is 4.24. The summed E-state index contributed by atoms with van der Waals surface area (Å²) in [6.45, 7) is 2.54. The highest BCUT2D eigenvalue weighted by Crippen LogP contribution is 2.20. The number of para-hydroxylation sites is 3. The van der Waals surface area contributed by atoms with Gasteiger partial charge in [0.25, 0.3) is 5.56 Å². The number of fused-ring (bicyclic) bond motifs is 1. The smallest absolute Gasteiger partial charge is 0.276 e. The van der Waals surface area contributed by atoms with Crippen molar-refractivity contribution in [2.75, 3.05) is 6.61 Å². The first-order valence-corrected chi connectivity index (χ1v) is 7.56. The summed E-state index contributed by atoms with van der Waals surface area (Å²) in [6, 6.07) is 15.3. The van der Waals surface area contributed by atoms with E-state index in [2.05, 4.69) is 4.98 Å². The number of nitrogens with zero attached hydrogens (tertiary/aromatic N) is 2. The number of aromatic nitrogens is 2. The molecule has 0 saturated carbocycles. The number of ether oxygens (including phenoxy) is 1. The lowest BCUT2D eigenvalue weighted by Crippen LogP contribution is -2.21. The van der Waals surface area contributed by atoms with Crippen LogP contribution in [0, 0.1) is 0 Å². The molecular formula is C19H18N2O2. The van der Waals surface area contributed by atoms with Crippen molar-refractivity contribution in [1.82, 2.24) is 9.55 Å². The maximum Gasteiger partial charge on any atom is 0.276 e. The third-order valence-corrected chi connectivity index (χ3v) is 3.65. The monoisotopic (exact) mass is 306 g/mol. The van der Waals surface area contributed by atoms with Crippen molar-refractivity contribution < 1.29 is 4.74 Å². The van der Waals surface area contributed by atoms with E-state index in [0.717, 1.165) is 22.3 Å². The van der Waals surface area contributed by atoms with Crippen LogP contribution in [-0.4, -0.2) is 16.2 Å². The predicted molar refractivity (Wildman–Crippen MR) is 93.5 cm³/mol. The zero-order valence-electron chi connectivity index (χ0n) is 13.2. The van der Waals surface area contributed by atoms with Crippen LogP contribution >= 0.6 is 0 Å². The number of hydrogen-bond acceptors (Lipinski definition) is 3. The summed E-state index contributed by atoms with van der Waals surface area (Å²) in [5.74, 6) is 0.795. The van der Waals surface area contributed by atoms with Gasteiger partial charge in [-0.1, -0.05) is 30.3 Å². The van der Waals surface area contributed by atoms with Crippen molar-refractivity contribution in [2.45, 2.75) is 6.92 Å². The SMILES string of the molecule is CCOc1ccccc1/C=C/c1nc2ccccc2n(C)c1=O. The Balaban J connectivity index is 2.05. The van der Waals surface area contributed by atoms with E-state index >= 15 is 0 Å². The van der Waals surface area contributed by atoms with Gasteiger partial charge in [-0.25, -0.2) is 4.98 Å². The standard InChI is InChI=1S/C19H18N2O2/c1-3-23-18-11-7-4-8-14(18)12-13-16-19(22)21(2)17-10-6-5-9-15(17)20-16/h4-13H,3H2,1-2H3/b13-12+. The number of aryl methyl sites for hydroxylation is 1. The van der Waals surface area contributed by atoms with Gasteiger partial charge in [0.2, 0.25) is 0 Å². The van der Waals surface area contributed by atoms with E-state index in [1.165, 1.54) is 0 Å². The highest BCUT2D eigenvalue weighted by molar-refractivity contribution is 5.78. The lowest BCUT2D eigenvalue weighted by molar-refractivity contribution is 0.339. The summed E-state index contributed by atoms with van der Waals surface area (Å²) in [4.78, 5) is 16.9. The maximum atomic E-state index is 12.4. The van der Waals surface area contributed by atoms with E-state index in [-0.39, 0.29) is 5.56 Å². The van der Waals surface area contributed by atoms with Gasteiger partial charge in [-0.2, -0.15) is 0 Å². The first-order chi connectivity index (χ1) is 11.2. The van der Waals surface area contributed by atoms with E-state index in [0.29, 0.717) is 12.3 Å². The Morgan fingerprint density at radius 3 is 2.65 bits per heavy atom. The van der Waals surface area contributed by atoms with Crippen LogP contribution in [0.3, 0.4) is 0 Å². The summed E-state index contributed by atoms with van der Waals surface area (Å²) in [7, 11) is 1.76. The van der Waals surface area contributed by atoms with Crippen molar-refractivity contribution in [3.63, 3.8) is 0 Å². The second-order valence-corrected chi connectivity index (χ2v) is 5.15. The predicted octanol–water partition coefficient (Wildman–Crippen LogP) is 3.50. The Hall–Kier alpha value is -2.88. The summed E-state index contributed by atoms with van der Waals surface area (Å²) in [6.07, 6.45) is 3.61. The molecular weight excluding hydrogens is 288 g/mol. The van der Waals surface area contributed by atoms with Crippen LogP contribution in [0.15, 0.2) is 53.3 Å². The van der Waals surface area contributed by atoms with E-state index in [1.54, 1.807) is 17.7 Å². The third kappa shape index (κ3) is 3.01. The fourth-order valence-corrected chi connectivity index (χ4v) is 2.48. The number of benzene rings is 2. The Morgan fingerprint density at radius 1 is 1.09 bits per heavy atom. The zero-order chi connectivity index (χ0) is 16.2. The molecule has 1 heterocycles. The Bertz CT molecular complexity index is 926. The number of hydrogen-bond donors (Lipinski definition) is 0. The minimum absolute atomic E-state index is 0.117. The molecule has 1 aromatic heterocycles. The molecule has 0 spiro atoms. The molecule has 0 bridgehead atoms. The maximum absolute atomic E-state index is 12.4. The van der Waals surface area contributed by atoms with Gasteiger partial charge in [0.1, 0.15) is 11.4 Å². The van der Waals surface area contributed by atoms with Crippen molar-refractivity contribution >= 4 is 23.2 Å². The molecule has 0 unspecified atom stereocenters. The van der Waals surface area contributed by atoms with Gasteiger partial charge < -0.3 is 9.30 Å². The average Bonchev–Trinajstić information content (AvgIpc) is 2.58. The highest BCUT2D eigenvalue weighted by Gasteiger charge is 2.06. The molecule has 0 N–H and O–H groups in total. The van der Waals surface area contributed by atoms with Gasteiger partial charge >= 0.3 is 0 Å². The number of rotatable bonds is 4. The summed E-state index contributed by atoms with van der Waals surface area (Å²) in [5.41, 5.74) is 2.84. The summed E-state index contributed by atoms with van der Waals surface area (Å²) < 4.78 is 7.22. The van der Waals surface area contributed by atoms with Crippen LogP contribution in [0.4, 0.5) is 0 Å². The lowest BCUT2D eigenvalue weighted by Gasteiger charge is -2.07. The molecule has 0 radical (unpaired) electrons. The fraction of sp³-hybridized carbons (Fsp3) is 0.158. The summed E-state index contributed by atoms with van der Waals surface area (Å²) >= 11 is 0. The largest absolute Gasteiger partial charge is 0.493 e. The van der Waals surface area contributed by atoms with Crippen LogP contribution < -0.4 is 10.3 Å². The first-order valence-electron chi connectivity index (χ1n) is 7.56. The molecule has 116 valence electrons. The van der Waals surface area contributed by atoms with Gasteiger partial charge in [0, 0.05) is 12.6 Å². The minimum atomic E-state index is -0.117. The zero-order valence-corrected chi connectivity index (χ0v) is 13.2. The van der Waals surface area contributed by atoms with Crippen molar-refractivity contribution in [3.05, 3.63) is 70.1 Å². The molecule has 2 aromatic carbocycles. The van der Waals surface area contributed by atoms with E-state index in [9.17, 15) is 4.79 Å². The molecule has 4 nitrogen and oxygen atoms in total. The van der Waals surface area contributed by atoms with Crippen LogP contribution in [0.25, 0.3) is 23.2 Å². The third-order valence-electron chi connectivity index (χ3n) is 3.65. The second-order valence-electron chi connectivity index (χ2n) is 5.15. The second kappa shape index (κ2) is 6.48. The van der Waals surface area contributed by atoms with Crippen molar-refractivity contribution in [2.24, 2.45) is 7.05 Å². The van der Waals surface area contributed by atoms with E-state index < -0.39 is 0 Å². The topological polar surface area (TPSA) is 44.1 Å². The molecule has 3 rings (SSSR count). The van der Waals surface area contributed by atoms with Crippen LogP contribution in [-0.2, 0) is 7.05 Å². The molecule has 3 aromatic rings. The Labute approximate surface area is 134 Å². The minimum Gasteiger partial charge on any atom is -0.493 e. The highest BCUT2D eigenvalue weighted by atomic mass is 16.5. The molecule has 0 aliphatic rings. The molecule has 0 fully saturated rings. The Morgan fingerprint density at radius 2 is 1.83 bits per heavy atom. The van der Waals surface area contributed by atoms with Crippen LogP contribution in [0.2, 0.25) is 0 Å². The van der Waals surface area contributed by atoms with Crippen LogP contribution in [0.1, 0.15) is 18.2 Å². The fourth-order valence-electron chi connectivity index (χ4n) is 2.48. The normalized spacial score (nSPS) is 11.2. The van der Waals surface area contributed by atoms with Crippen molar-refractivity contribution in [1.29, 1.82) is 0 Å². The van der Waals surface area contributed by atoms with Gasteiger partial charge in [-0.15, -0.1) is 0 Å². The van der Waals surface area contributed by atoms with E-state index in [1.807, 2.05) is 61.5 Å². The van der Waals surface area contributed by atoms with Gasteiger partial charge in [-0.05, 0) is 37.3 Å². The first kappa shape index (κ1) is 15.0. The van der Waals surface area contributed by atoms with Crippen LogP contribution in [0.5, 0.6) is 5.75 Å². The molecule has 23 heavy (non-hydrogen) atoms. The summed E-state index contributed by atoms with van der Waals surface area (Å²) in [5, 5.41) is 0. The van der Waals surface area contributed by atoms with E-state index in [4.69, 9.17) is 4.74 Å². The molecule has 0 atom stereocenters. The average molecular weight is 306 g/mol.